The van der Waals surface area contributed by atoms with Crippen LogP contribution in [-0.2, 0) is 4.79 Å². The first-order valence-electron chi connectivity index (χ1n) is 16.5. The zero-order valence-electron chi connectivity index (χ0n) is 24.8. The monoisotopic (exact) mass is 492 g/mol. The van der Waals surface area contributed by atoms with Crippen molar-refractivity contribution in [2.45, 2.75) is 188 Å². The molecule has 0 spiro atoms. The molecule has 35 heavy (non-hydrogen) atoms. The van der Waals surface area contributed by atoms with E-state index in [2.05, 4.69) is 32.6 Å². The Morgan fingerprint density at radius 2 is 1.06 bits per heavy atom. The molecule has 1 amide bonds. The molecule has 0 aromatic carbocycles. The van der Waals surface area contributed by atoms with Crippen LogP contribution in [0.3, 0.4) is 0 Å². The Morgan fingerprint density at radius 3 is 1.54 bits per heavy atom. The van der Waals surface area contributed by atoms with E-state index in [1.165, 1.54) is 141 Å². The van der Waals surface area contributed by atoms with Gasteiger partial charge in [0.25, 0.3) is 0 Å². The standard InChI is InChI=1S/C33H65NO/c1-5-9-13-17-21-26-31(25-20-16-12-8-4)33(35)34-28-22-27-32(34)29-30(23-18-14-10-6-2)24-19-15-11-7-3/h30-32H,5-29H2,1-4H3. The average molecular weight is 492 g/mol. The third-order valence-corrected chi connectivity index (χ3v) is 8.61. The van der Waals surface area contributed by atoms with Crippen molar-refractivity contribution in [1.29, 1.82) is 0 Å². The quantitative estimate of drug-likeness (QED) is 0.123. The molecular weight excluding hydrogens is 426 g/mol. The molecule has 208 valence electrons. The van der Waals surface area contributed by atoms with Gasteiger partial charge in [0.15, 0.2) is 0 Å². The number of carbonyl (C=O) groups excluding carboxylic acids is 1. The predicted octanol–water partition coefficient (Wildman–Crippen LogP) is 10.9. The van der Waals surface area contributed by atoms with Gasteiger partial charge in [0.2, 0.25) is 5.91 Å². The first-order valence-corrected chi connectivity index (χ1v) is 16.5. The summed E-state index contributed by atoms with van der Waals surface area (Å²) in [5.74, 6) is 1.66. The second-order valence-electron chi connectivity index (χ2n) is 11.9. The zero-order chi connectivity index (χ0) is 25.6. The maximum atomic E-state index is 13.8. The summed E-state index contributed by atoms with van der Waals surface area (Å²) in [5, 5.41) is 0. The highest BCUT2D eigenvalue weighted by atomic mass is 16.2. The molecule has 0 N–H and O–H groups in total. The molecule has 2 nitrogen and oxygen atoms in total. The first-order chi connectivity index (χ1) is 17.2. The zero-order valence-corrected chi connectivity index (χ0v) is 24.8. The second kappa shape index (κ2) is 22.7. The Kier molecular flexibility index (Phi) is 21.0. The van der Waals surface area contributed by atoms with E-state index in [1.54, 1.807) is 0 Å². The number of amides is 1. The molecule has 1 heterocycles. The van der Waals surface area contributed by atoms with Gasteiger partial charge in [0.1, 0.15) is 0 Å². The third kappa shape index (κ3) is 15.3. The lowest BCUT2D eigenvalue weighted by Gasteiger charge is -2.32. The molecule has 0 aromatic rings. The minimum Gasteiger partial charge on any atom is -0.339 e. The van der Waals surface area contributed by atoms with E-state index in [0.717, 1.165) is 25.3 Å². The van der Waals surface area contributed by atoms with Crippen LogP contribution in [0.15, 0.2) is 0 Å². The summed E-state index contributed by atoms with van der Waals surface area (Å²) in [7, 11) is 0. The fraction of sp³-hybridized carbons (Fsp3) is 0.970. The molecule has 0 radical (unpaired) electrons. The fourth-order valence-corrected chi connectivity index (χ4v) is 6.29. The molecule has 1 aliphatic heterocycles. The summed E-state index contributed by atoms with van der Waals surface area (Å²) in [5.41, 5.74) is 0. The van der Waals surface area contributed by atoms with E-state index >= 15 is 0 Å². The van der Waals surface area contributed by atoms with Gasteiger partial charge in [0, 0.05) is 18.5 Å². The number of carbonyl (C=O) groups is 1. The van der Waals surface area contributed by atoms with Crippen molar-refractivity contribution in [1.82, 2.24) is 4.90 Å². The summed E-state index contributed by atoms with van der Waals surface area (Å²) in [6, 6.07) is 0.531. The number of hydrogen-bond donors (Lipinski definition) is 0. The van der Waals surface area contributed by atoms with E-state index in [-0.39, 0.29) is 0 Å². The van der Waals surface area contributed by atoms with Crippen LogP contribution in [0.4, 0.5) is 0 Å². The minimum absolute atomic E-state index is 0.293. The van der Waals surface area contributed by atoms with Crippen molar-refractivity contribution in [3.05, 3.63) is 0 Å². The van der Waals surface area contributed by atoms with Crippen LogP contribution in [0.1, 0.15) is 182 Å². The lowest BCUT2D eigenvalue weighted by Crippen LogP contribution is -2.40. The van der Waals surface area contributed by atoms with Crippen LogP contribution in [-0.4, -0.2) is 23.4 Å². The molecule has 2 heteroatoms. The Labute approximate surface area is 221 Å². The molecule has 2 unspecified atom stereocenters. The summed E-state index contributed by atoms with van der Waals surface area (Å²) in [4.78, 5) is 16.2. The number of nitrogens with zero attached hydrogens (tertiary/aromatic N) is 1. The Morgan fingerprint density at radius 1 is 0.629 bits per heavy atom. The third-order valence-electron chi connectivity index (χ3n) is 8.61. The topological polar surface area (TPSA) is 20.3 Å². The summed E-state index contributed by atoms with van der Waals surface area (Å²) in [6.07, 6.45) is 31.5. The van der Waals surface area contributed by atoms with Gasteiger partial charge in [-0.05, 0) is 38.0 Å². The molecule has 1 fully saturated rings. The molecular formula is C33H65NO. The Balaban J connectivity index is 2.69. The maximum absolute atomic E-state index is 13.8. The largest absolute Gasteiger partial charge is 0.339 e. The summed E-state index contributed by atoms with van der Waals surface area (Å²) >= 11 is 0. The van der Waals surface area contributed by atoms with E-state index in [0.29, 0.717) is 17.9 Å². The Bertz CT molecular complexity index is 464. The highest BCUT2D eigenvalue weighted by Gasteiger charge is 2.33. The second-order valence-corrected chi connectivity index (χ2v) is 11.9. The number of likely N-dealkylation sites (tertiary alicyclic amines) is 1. The fourth-order valence-electron chi connectivity index (χ4n) is 6.29. The normalized spacial score (nSPS) is 16.9. The summed E-state index contributed by atoms with van der Waals surface area (Å²) in [6.45, 7) is 10.2. The molecule has 0 bridgehead atoms. The molecule has 0 aliphatic carbocycles. The van der Waals surface area contributed by atoms with Crippen LogP contribution >= 0.6 is 0 Å². The number of rotatable bonds is 24. The molecule has 2 atom stereocenters. The highest BCUT2D eigenvalue weighted by molar-refractivity contribution is 5.79. The van der Waals surface area contributed by atoms with E-state index in [9.17, 15) is 4.79 Å². The molecule has 0 saturated carbocycles. The van der Waals surface area contributed by atoms with Crippen LogP contribution < -0.4 is 0 Å². The minimum atomic E-state index is 0.293. The van der Waals surface area contributed by atoms with Gasteiger partial charge >= 0.3 is 0 Å². The lowest BCUT2D eigenvalue weighted by molar-refractivity contribution is -0.137. The van der Waals surface area contributed by atoms with Gasteiger partial charge in [-0.1, -0.05) is 150 Å². The van der Waals surface area contributed by atoms with Gasteiger partial charge < -0.3 is 4.90 Å². The number of hydrogen-bond acceptors (Lipinski definition) is 1. The van der Waals surface area contributed by atoms with Crippen molar-refractivity contribution in [3.8, 4) is 0 Å². The van der Waals surface area contributed by atoms with Crippen molar-refractivity contribution < 1.29 is 4.79 Å². The van der Waals surface area contributed by atoms with E-state index in [4.69, 9.17) is 0 Å². The smallest absolute Gasteiger partial charge is 0.225 e. The highest BCUT2D eigenvalue weighted by Crippen LogP contribution is 2.32. The van der Waals surface area contributed by atoms with Gasteiger partial charge in [-0.25, -0.2) is 0 Å². The van der Waals surface area contributed by atoms with Crippen molar-refractivity contribution in [2.24, 2.45) is 11.8 Å². The van der Waals surface area contributed by atoms with Crippen LogP contribution in [0.2, 0.25) is 0 Å². The Hall–Kier alpha value is -0.530. The van der Waals surface area contributed by atoms with Gasteiger partial charge in [0.05, 0.1) is 0 Å². The molecule has 1 rings (SSSR count). The van der Waals surface area contributed by atoms with Crippen molar-refractivity contribution in [3.63, 3.8) is 0 Å². The van der Waals surface area contributed by atoms with Gasteiger partial charge in [-0.2, -0.15) is 0 Å². The van der Waals surface area contributed by atoms with Crippen molar-refractivity contribution in [2.75, 3.05) is 6.54 Å². The van der Waals surface area contributed by atoms with Crippen LogP contribution in [0.25, 0.3) is 0 Å². The SMILES string of the molecule is CCCCCCCC(CCCCCC)C(=O)N1CCCC1CC(CCCCCC)CCCCCC. The average Bonchev–Trinajstić information content (AvgIpc) is 3.33. The first kappa shape index (κ1) is 32.5. The van der Waals surface area contributed by atoms with E-state index < -0.39 is 0 Å². The maximum Gasteiger partial charge on any atom is 0.225 e. The van der Waals surface area contributed by atoms with E-state index in [1.807, 2.05) is 0 Å². The summed E-state index contributed by atoms with van der Waals surface area (Å²) < 4.78 is 0. The predicted molar refractivity (Wildman–Crippen MR) is 156 cm³/mol. The van der Waals surface area contributed by atoms with Crippen LogP contribution in [0.5, 0.6) is 0 Å². The van der Waals surface area contributed by atoms with Gasteiger partial charge in [-0.15, -0.1) is 0 Å². The van der Waals surface area contributed by atoms with Crippen molar-refractivity contribution >= 4 is 5.91 Å². The molecule has 1 saturated heterocycles. The van der Waals surface area contributed by atoms with Gasteiger partial charge in [-0.3, -0.25) is 4.79 Å². The lowest BCUT2D eigenvalue weighted by atomic mass is 9.87. The van der Waals surface area contributed by atoms with Crippen LogP contribution in [0, 0.1) is 11.8 Å². The molecule has 0 aromatic heterocycles. The number of unbranched alkanes of at least 4 members (excludes halogenated alkanes) is 13. The molecule has 1 aliphatic rings.